The summed E-state index contributed by atoms with van der Waals surface area (Å²) < 4.78 is 1.74. The lowest BCUT2D eigenvalue weighted by molar-refractivity contribution is -0.118. The summed E-state index contributed by atoms with van der Waals surface area (Å²) in [4.78, 5) is 19.6. The van der Waals surface area contributed by atoms with Crippen molar-refractivity contribution in [3.63, 3.8) is 0 Å². The molecule has 19 heavy (non-hydrogen) atoms. The number of hydrogen-bond acceptors (Lipinski definition) is 5. The van der Waals surface area contributed by atoms with Gasteiger partial charge in [0, 0.05) is 19.3 Å². The zero-order valence-corrected chi connectivity index (χ0v) is 11.2. The Bertz CT molecular complexity index is 488. The predicted octanol–water partition coefficient (Wildman–Crippen LogP) is 0.972. The van der Waals surface area contributed by atoms with Crippen LogP contribution in [0.25, 0.3) is 0 Å². The molecule has 0 atom stereocenters. The minimum absolute atomic E-state index is 0.0224. The molecule has 6 nitrogen and oxygen atoms in total. The first-order chi connectivity index (χ1) is 9.34. The van der Waals surface area contributed by atoms with Crippen molar-refractivity contribution < 1.29 is 4.79 Å². The molecule has 0 aliphatic rings. The Labute approximate surface area is 115 Å². The van der Waals surface area contributed by atoms with Crippen molar-refractivity contribution in [2.24, 2.45) is 0 Å². The van der Waals surface area contributed by atoms with E-state index in [0.717, 1.165) is 18.0 Å². The lowest BCUT2D eigenvalue weighted by Gasteiger charge is -2.04. The molecule has 0 aliphatic carbocycles. The number of thioether (sulfide) groups is 1. The number of aromatic nitrogens is 4. The summed E-state index contributed by atoms with van der Waals surface area (Å²) in [6, 6.07) is 5.66. The largest absolute Gasteiger partial charge is 0.355 e. The van der Waals surface area contributed by atoms with Crippen LogP contribution in [0.2, 0.25) is 0 Å². The Morgan fingerprint density at radius 1 is 1.42 bits per heavy atom. The Morgan fingerprint density at radius 3 is 3.11 bits per heavy atom. The van der Waals surface area contributed by atoms with Gasteiger partial charge in [-0.2, -0.15) is 5.10 Å². The van der Waals surface area contributed by atoms with Gasteiger partial charge in [0.05, 0.1) is 10.8 Å². The number of nitrogens with zero attached hydrogens (tertiary/aromatic N) is 4. The Hall–Kier alpha value is -1.89. The maximum Gasteiger partial charge on any atom is 0.230 e. The predicted molar refractivity (Wildman–Crippen MR) is 72.6 cm³/mol. The Balaban J connectivity index is 1.57. The summed E-state index contributed by atoms with van der Waals surface area (Å²) in [6.07, 6.45) is 5.72. The van der Waals surface area contributed by atoms with Crippen molar-refractivity contribution >= 4 is 17.7 Å². The van der Waals surface area contributed by atoms with Gasteiger partial charge in [0.15, 0.2) is 0 Å². The molecule has 0 aromatic carbocycles. The zero-order valence-electron chi connectivity index (χ0n) is 10.4. The fourth-order valence-electron chi connectivity index (χ4n) is 1.44. The lowest BCUT2D eigenvalue weighted by Crippen LogP contribution is -2.26. The molecule has 0 unspecified atom stereocenters. The number of pyridine rings is 1. The lowest BCUT2D eigenvalue weighted by atomic mass is 10.4. The highest BCUT2D eigenvalue weighted by Crippen LogP contribution is 2.12. The molecular weight excluding hydrogens is 262 g/mol. The molecule has 7 heteroatoms. The highest BCUT2D eigenvalue weighted by molar-refractivity contribution is 7.99. The maximum atomic E-state index is 11.6. The van der Waals surface area contributed by atoms with Gasteiger partial charge in [-0.05, 0) is 18.6 Å². The van der Waals surface area contributed by atoms with Gasteiger partial charge in [0.2, 0.25) is 5.91 Å². The first-order valence-electron chi connectivity index (χ1n) is 5.97. The first-order valence-corrected chi connectivity index (χ1v) is 6.96. The van der Waals surface area contributed by atoms with Crippen LogP contribution in [0.5, 0.6) is 0 Å². The smallest absolute Gasteiger partial charge is 0.230 e. The van der Waals surface area contributed by atoms with Crippen molar-refractivity contribution in [2.45, 2.75) is 18.0 Å². The van der Waals surface area contributed by atoms with Crippen LogP contribution in [0.3, 0.4) is 0 Å². The van der Waals surface area contributed by atoms with Crippen molar-refractivity contribution in [1.82, 2.24) is 25.1 Å². The number of carbonyl (C=O) groups excluding carboxylic acids is 1. The minimum atomic E-state index is 0.0224. The monoisotopic (exact) mass is 277 g/mol. The van der Waals surface area contributed by atoms with E-state index in [-0.39, 0.29) is 5.91 Å². The van der Waals surface area contributed by atoms with E-state index in [0.29, 0.717) is 12.3 Å². The summed E-state index contributed by atoms with van der Waals surface area (Å²) in [6.45, 7) is 1.40. The maximum absolute atomic E-state index is 11.6. The fraction of sp³-hybridized carbons (Fsp3) is 0.333. The van der Waals surface area contributed by atoms with E-state index in [1.807, 2.05) is 18.2 Å². The van der Waals surface area contributed by atoms with Crippen LogP contribution in [0.1, 0.15) is 6.42 Å². The van der Waals surface area contributed by atoms with Gasteiger partial charge in [-0.3, -0.25) is 9.48 Å². The van der Waals surface area contributed by atoms with E-state index in [4.69, 9.17) is 0 Å². The molecule has 2 rings (SSSR count). The average Bonchev–Trinajstić information content (AvgIpc) is 2.96. The molecule has 2 aromatic rings. The summed E-state index contributed by atoms with van der Waals surface area (Å²) >= 11 is 1.43. The van der Waals surface area contributed by atoms with Crippen LogP contribution in [0.4, 0.5) is 0 Å². The quantitative estimate of drug-likeness (QED) is 0.603. The molecule has 1 N–H and O–H groups in total. The highest BCUT2D eigenvalue weighted by Gasteiger charge is 2.02. The van der Waals surface area contributed by atoms with E-state index >= 15 is 0 Å². The van der Waals surface area contributed by atoms with Crippen LogP contribution in [-0.4, -0.2) is 38.0 Å². The number of rotatable bonds is 7. The van der Waals surface area contributed by atoms with Crippen LogP contribution < -0.4 is 5.32 Å². The third-order valence-electron chi connectivity index (χ3n) is 2.34. The van der Waals surface area contributed by atoms with Crippen LogP contribution in [0.15, 0.2) is 42.1 Å². The Morgan fingerprint density at radius 2 is 2.37 bits per heavy atom. The molecule has 1 amide bonds. The summed E-state index contributed by atoms with van der Waals surface area (Å²) in [5, 5.41) is 7.72. The first kappa shape index (κ1) is 13.5. The number of amides is 1. The van der Waals surface area contributed by atoms with Crippen LogP contribution >= 0.6 is 11.8 Å². The van der Waals surface area contributed by atoms with Crippen molar-refractivity contribution in [3.05, 3.63) is 37.1 Å². The van der Waals surface area contributed by atoms with Gasteiger partial charge in [-0.1, -0.05) is 17.8 Å². The highest BCUT2D eigenvalue weighted by atomic mass is 32.2. The number of hydrogen-bond donors (Lipinski definition) is 1. The summed E-state index contributed by atoms with van der Waals surface area (Å²) in [5.74, 6) is 0.412. The molecule has 0 fully saturated rings. The van der Waals surface area contributed by atoms with E-state index in [1.165, 1.54) is 18.1 Å². The normalized spacial score (nSPS) is 10.3. The van der Waals surface area contributed by atoms with Gasteiger partial charge >= 0.3 is 0 Å². The Kier molecular flexibility index (Phi) is 5.36. The van der Waals surface area contributed by atoms with E-state index in [9.17, 15) is 4.79 Å². The second-order valence-corrected chi connectivity index (χ2v) is 4.81. The van der Waals surface area contributed by atoms with E-state index < -0.39 is 0 Å². The second-order valence-electron chi connectivity index (χ2n) is 3.82. The molecule has 2 aromatic heterocycles. The summed E-state index contributed by atoms with van der Waals surface area (Å²) in [5.41, 5.74) is 0. The molecule has 0 spiro atoms. The fourth-order valence-corrected chi connectivity index (χ4v) is 2.13. The molecule has 0 saturated heterocycles. The van der Waals surface area contributed by atoms with Gasteiger partial charge in [0.25, 0.3) is 0 Å². The van der Waals surface area contributed by atoms with Gasteiger partial charge in [-0.15, -0.1) is 0 Å². The molecule has 2 heterocycles. The standard InChI is InChI=1S/C12H15N5OS/c18-11(8-19-12-4-1-2-5-15-12)14-6-3-7-17-10-13-9-16-17/h1-2,4-5,9-10H,3,6-8H2,(H,14,18). The zero-order chi connectivity index (χ0) is 13.3. The number of carbonyl (C=O) groups is 1. The average molecular weight is 277 g/mol. The van der Waals surface area contributed by atoms with E-state index in [1.54, 1.807) is 17.2 Å². The van der Waals surface area contributed by atoms with Gasteiger partial charge in [-0.25, -0.2) is 9.97 Å². The molecule has 0 bridgehead atoms. The molecule has 0 aliphatic heterocycles. The third kappa shape index (κ3) is 5.09. The molecule has 100 valence electrons. The van der Waals surface area contributed by atoms with Crippen LogP contribution in [-0.2, 0) is 11.3 Å². The number of nitrogens with one attached hydrogen (secondary N) is 1. The number of aryl methyl sites for hydroxylation is 1. The third-order valence-corrected chi connectivity index (χ3v) is 3.29. The van der Waals surface area contributed by atoms with Gasteiger partial charge in [0.1, 0.15) is 12.7 Å². The van der Waals surface area contributed by atoms with E-state index in [2.05, 4.69) is 20.4 Å². The SMILES string of the molecule is O=C(CSc1ccccn1)NCCCn1cncn1. The molecule has 0 saturated carbocycles. The second kappa shape index (κ2) is 7.52. The van der Waals surface area contributed by atoms with Crippen molar-refractivity contribution in [1.29, 1.82) is 0 Å². The van der Waals surface area contributed by atoms with Crippen LogP contribution in [0, 0.1) is 0 Å². The van der Waals surface area contributed by atoms with Crippen molar-refractivity contribution in [3.8, 4) is 0 Å². The van der Waals surface area contributed by atoms with Crippen molar-refractivity contribution in [2.75, 3.05) is 12.3 Å². The topological polar surface area (TPSA) is 72.7 Å². The molecule has 0 radical (unpaired) electrons. The molecular formula is C12H15N5OS. The summed E-state index contributed by atoms with van der Waals surface area (Å²) in [7, 11) is 0. The van der Waals surface area contributed by atoms with Gasteiger partial charge < -0.3 is 5.32 Å². The minimum Gasteiger partial charge on any atom is -0.355 e.